The van der Waals surface area contributed by atoms with Gasteiger partial charge in [-0.15, -0.1) is 0 Å². The molecule has 0 fully saturated rings. The van der Waals surface area contributed by atoms with E-state index in [2.05, 4.69) is 9.97 Å². The first-order valence-corrected chi connectivity index (χ1v) is 8.87. The van der Waals surface area contributed by atoms with Gasteiger partial charge in [-0.2, -0.15) is 0 Å². The molecule has 1 aliphatic rings. The van der Waals surface area contributed by atoms with E-state index in [9.17, 15) is 9.59 Å². The summed E-state index contributed by atoms with van der Waals surface area (Å²) in [5, 5.41) is 0.446. The van der Waals surface area contributed by atoms with Gasteiger partial charge in [0.25, 0.3) is 5.91 Å². The number of rotatable bonds is 2. The first-order chi connectivity index (χ1) is 13.6. The largest absolute Gasteiger partial charge is 0.450 e. The standard InChI is InChI=1S/C22H15N3O3/c1-13-8-9-17(24-11-13)25-19(14-5-4-10-23-12-14)18-20(26)15-6-2-3-7-16(15)28-21(18)22(25)27/h2-12,19H,1H3/t19-/m0/s1. The van der Waals surface area contributed by atoms with Crippen LogP contribution in [0.15, 0.2) is 76.3 Å². The minimum Gasteiger partial charge on any atom is -0.450 e. The highest BCUT2D eigenvalue weighted by Gasteiger charge is 2.44. The molecule has 1 amide bonds. The Kier molecular flexibility index (Phi) is 3.58. The Hall–Kier alpha value is -3.80. The summed E-state index contributed by atoms with van der Waals surface area (Å²) in [6.45, 7) is 1.92. The van der Waals surface area contributed by atoms with Crippen LogP contribution in [0.1, 0.15) is 33.3 Å². The molecule has 5 rings (SSSR count). The molecule has 136 valence electrons. The lowest BCUT2D eigenvalue weighted by molar-refractivity contribution is 0.0970. The van der Waals surface area contributed by atoms with Crippen LogP contribution in [0.5, 0.6) is 0 Å². The predicted molar refractivity (Wildman–Crippen MR) is 104 cm³/mol. The Labute approximate surface area is 160 Å². The van der Waals surface area contributed by atoms with Crippen LogP contribution in [0.4, 0.5) is 5.82 Å². The van der Waals surface area contributed by atoms with E-state index in [-0.39, 0.29) is 17.1 Å². The summed E-state index contributed by atoms with van der Waals surface area (Å²) in [6.07, 6.45) is 5.00. The number of nitrogens with zero attached hydrogens (tertiary/aromatic N) is 3. The van der Waals surface area contributed by atoms with Crippen molar-refractivity contribution in [2.75, 3.05) is 4.90 Å². The van der Waals surface area contributed by atoms with Gasteiger partial charge in [-0.05, 0) is 42.3 Å². The van der Waals surface area contributed by atoms with Gasteiger partial charge in [0.1, 0.15) is 11.4 Å². The third-order valence-electron chi connectivity index (χ3n) is 4.92. The number of pyridine rings is 2. The Morgan fingerprint density at radius 3 is 2.61 bits per heavy atom. The van der Waals surface area contributed by atoms with E-state index in [0.29, 0.717) is 22.4 Å². The highest BCUT2D eigenvalue weighted by atomic mass is 16.3. The lowest BCUT2D eigenvalue weighted by atomic mass is 10.00. The molecule has 0 bridgehead atoms. The second-order valence-electron chi connectivity index (χ2n) is 6.73. The lowest BCUT2D eigenvalue weighted by Crippen LogP contribution is -2.30. The van der Waals surface area contributed by atoms with Gasteiger partial charge >= 0.3 is 0 Å². The average Bonchev–Trinajstić information content (AvgIpc) is 3.02. The number of aryl methyl sites for hydroxylation is 1. The molecule has 0 saturated heterocycles. The molecule has 6 nitrogen and oxygen atoms in total. The van der Waals surface area contributed by atoms with Crippen molar-refractivity contribution < 1.29 is 9.21 Å². The number of hydrogen-bond acceptors (Lipinski definition) is 5. The molecular formula is C22H15N3O3. The second kappa shape index (κ2) is 6.13. The van der Waals surface area contributed by atoms with E-state index in [4.69, 9.17) is 4.42 Å². The Bertz CT molecular complexity index is 1260. The number of carbonyl (C=O) groups is 1. The van der Waals surface area contributed by atoms with Crippen LogP contribution in [0.25, 0.3) is 11.0 Å². The van der Waals surface area contributed by atoms with Crippen LogP contribution in [0.2, 0.25) is 0 Å². The topological polar surface area (TPSA) is 76.3 Å². The normalized spacial score (nSPS) is 15.8. The minimum absolute atomic E-state index is 0.0555. The Morgan fingerprint density at radius 2 is 1.86 bits per heavy atom. The molecule has 0 unspecified atom stereocenters. The van der Waals surface area contributed by atoms with Gasteiger partial charge in [0.2, 0.25) is 5.76 Å². The molecule has 1 aromatic carbocycles. The molecule has 6 heteroatoms. The van der Waals surface area contributed by atoms with E-state index >= 15 is 0 Å². The molecule has 0 saturated carbocycles. The van der Waals surface area contributed by atoms with Crippen LogP contribution < -0.4 is 10.3 Å². The maximum absolute atomic E-state index is 13.3. The van der Waals surface area contributed by atoms with E-state index in [0.717, 1.165) is 11.1 Å². The van der Waals surface area contributed by atoms with Crippen molar-refractivity contribution >= 4 is 22.7 Å². The molecule has 0 radical (unpaired) electrons. The van der Waals surface area contributed by atoms with E-state index in [1.165, 1.54) is 4.90 Å². The number of benzene rings is 1. The van der Waals surface area contributed by atoms with Gasteiger partial charge in [-0.25, -0.2) is 4.98 Å². The molecule has 0 aliphatic carbocycles. The third-order valence-corrected chi connectivity index (χ3v) is 4.92. The van der Waals surface area contributed by atoms with Crippen molar-refractivity contribution in [3.05, 3.63) is 99.8 Å². The predicted octanol–water partition coefficient (Wildman–Crippen LogP) is 3.64. The third kappa shape index (κ3) is 2.35. The minimum atomic E-state index is -0.646. The van der Waals surface area contributed by atoms with Gasteiger partial charge in [-0.1, -0.05) is 24.3 Å². The number of anilines is 1. The number of fused-ring (bicyclic) bond motifs is 2. The highest BCUT2D eigenvalue weighted by molar-refractivity contribution is 6.10. The smallest absolute Gasteiger partial charge is 0.296 e. The van der Waals surface area contributed by atoms with Gasteiger partial charge in [0, 0.05) is 18.6 Å². The van der Waals surface area contributed by atoms with Gasteiger partial charge in [0.15, 0.2) is 5.43 Å². The molecule has 3 aromatic heterocycles. The summed E-state index contributed by atoms with van der Waals surface area (Å²) >= 11 is 0. The van der Waals surface area contributed by atoms with Gasteiger partial charge in [0.05, 0.1) is 17.0 Å². The van der Waals surface area contributed by atoms with Crippen LogP contribution in [-0.4, -0.2) is 15.9 Å². The van der Waals surface area contributed by atoms with Gasteiger partial charge in [-0.3, -0.25) is 19.5 Å². The molecule has 1 aliphatic heterocycles. The van der Waals surface area contributed by atoms with Crippen molar-refractivity contribution in [3.63, 3.8) is 0 Å². The molecule has 4 aromatic rings. The first kappa shape index (κ1) is 16.4. The first-order valence-electron chi connectivity index (χ1n) is 8.87. The second-order valence-corrected chi connectivity index (χ2v) is 6.73. The SMILES string of the molecule is Cc1ccc(N2C(=O)c3oc4ccccc4c(=O)c3[C@@H]2c2cccnc2)nc1. The van der Waals surface area contributed by atoms with Crippen molar-refractivity contribution in [2.45, 2.75) is 13.0 Å². The lowest BCUT2D eigenvalue weighted by Gasteiger charge is -2.23. The molecular weight excluding hydrogens is 354 g/mol. The van der Waals surface area contributed by atoms with Crippen molar-refractivity contribution in [1.82, 2.24) is 9.97 Å². The maximum Gasteiger partial charge on any atom is 0.296 e. The fraction of sp³-hybridized carbons (Fsp3) is 0.0909. The summed E-state index contributed by atoms with van der Waals surface area (Å²) in [7, 11) is 0. The molecule has 1 atom stereocenters. The fourth-order valence-corrected chi connectivity index (χ4v) is 3.61. The monoisotopic (exact) mass is 369 g/mol. The highest BCUT2D eigenvalue weighted by Crippen LogP contribution is 2.40. The van der Waals surface area contributed by atoms with Crippen molar-refractivity contribution in [2.24, 2.45) is 0 Å². The van der Waals surface area contributed by atoms with E-state index < -0.39 is 6.04 Å². The molecule has 4 heterocycles. The molecule has 0 spiro atoms. The number of para-hydroxylation sites is 1. The molecule has 0 N–H and O–H groups in total. The van der Waals surface area contributed by atoms with E-state index in [1.807, 2.05) is 19.1 Å². The van der Waals surface area contributed by atoms with E-state index in [1.54, 1.807) is 55.0 Å². The zero-order valence-corrected chi connectivity index (χ0v) is 15.0. The summed E-state index contributed by atoms with van der Waals surface area (Å²) in [5.74, 6) is 0.127. The van der Waals surface area contributed by atoms with Crippen molar-refractivity contribution in [1.29, 1.82) is 0 Å². The van der Waals surface area contributed by atoms with Crippen LogP contribution >= 0.6 is 0 Å². The number of carbonyl (C=O) groups excluding carboxylic acids is 1. The zero-order chi connectivity index (χ0) is 19.3. The zero-order valence-electron chi connectivity index (χ0n) is 15.0. The summed E-state index contributed by atoms with van der Waals surface area (Å²) in [6, 6.07) is 13.6. The Morgan fingerprint density at radius 1 is 1.00 bits per heavy atom. The summed E-state index contributed by atoms with van der Waals surface area (Å²) < 4.78 is 5.89. The number of aromatic nitrogens is 2. The van der Waals surface area contributed by atoms with Gasteiger partial charge < -0.3 is 4.42 Å². The van der Waals surface area contributed by atoms with Crippen LogP contribution in [-0.2, 0) is 0 Å². The number of amides is 1. The molecule has 28 heavy (non-hydrogen) atoms. The number of hydrogen-bond donors (Lipinski definition) is 0. The fourth-order valence-electron chi connectivity index (χ4n) is 3.61. The van der Waals surface area contributed by atoms with Crippen LogP contribution in [0.3, 0.4) is 0 Å². The average molecular weight is 369 g/mol. The van der Waals surface area contributed by atoms with Crippen LogP contribution in [0, 0.1) is 6.92 Å². The summed E-state index contributed by atoms with van der Waals surface area (Å²) in [4.78, 5) is 36.7. The van der Waals surface area contributed by atoms with Crippen molar-refractivity contribution in [3.8, 4) is 0 Å². The Balaban J connectivity index is 1.82. The quantitative estimate of drug-likeness (QED) is 0.539. The summed E-state index contributed by atoms with van der Waals surface area (Å²) in [5.41, 5.74) is 2.20. The maximum atomic E-state index is 13.3.